The highest BCUT2D eigenvalue weighted by atomic mass is 19.1. The minimum absolute atomic E-state index is 0.333. The Morgan fingerprint density at radius 2 is 1.85 bits per heavy atom. The van der Waals surface area contributed by atoms with Crippen LogP contribution in [0.4, 0.5) is 8.78 Å². The van der Waals surface area contributed by atoms with Crippen molar-refractivity contribution in [2.24, 2.45) is 5.73 Å². The van der Waals surface area contributed by atoms with Gasteiger partial charge in [0.15, 0.2) is 0 Å². The third kappa shape index (κ3) is 4.23. The minimum atomic E-state index is -0.573. The van der Waals surface area contributed by atoms with Crippen molar-refractivity contribution in [3.63, 3.8) is 0 Å². The first-order valence-corrected chi connectivity index (χ1v) is 7.05. The van der Waals surface area contributed by atoms with Crippen LogP contribution in [-0.4, -0.2) is 37.7 Å². The number of ether oxygens (including phenoxy) is 1. The molecule has 1 unspecified atom stereocenters. The monoisotopic (exact) mass is 284 g/mol. The van der Waals surface area contributed by atoms with Crippen molar-refractivity contribution in [1.82, 2.24) is 4.90 Å². The Hall–Kier alpha value is -1.04. The molecule has 112 valence electrons. The molecule has 0 bridgehead atoms. The van der Waals surface area contributed by atoms with E-state index in [9.17, 15) is 8.78 Å². The summed E-state index contributed by atoms with van der Waals surface area (Å²) in [5.74, 6) is -1.15. The van der Waals surface area contributed by atoms with Crippen LogP contribution in [0.5, 0.6) is 0 Å². The number of piperidine rings is 1. The summed E-state index contributed by atoms with van der Waals surface area (Å²) in [6.07, 6.45) is 3.11. The van der Waals surface area contributed by atoms with Gasteiger partial charge in [0, 0.05) is 32.3 Å². The van der Waals surface area contributed by atoms with E-state index in [2.05, 4.69) is 4.90 Å². The van der Waals surface area contributed by atoms with E-state index in [1.807, 2.05) is 0 Å². The van der Waals surface area contributed by atoms with Crippen LogP contribution in [0, 0.1) is 11.6 Å². The molecule has 1 aromatic carbocycles. The lowest BCUT2D eigenvalue weighted by Crippen LogP contribution is -2.38. The van der Waals surface area contributed by atoms with Gasteiger partial charge in [0.1, 0.15) is 11.6 Å². The van der Waals surface area contributed by atoms with Gasteiger partial charge < -0.3 is 15.4 Å². The van der Waals surface area contributed by atoms with E-state index in [-0.39, 0.29) is 6.04 Å². The molecule has 20 heavy (non-hydrogen) atoms. The average Bonchev–Trinajstić information content (AvgIpc) is 2.44. The van der Waals surface area contributed by atoms with Crippen LogP contribution in [-0.2, 0) is 4.74 Å². The van der Waals surface area contributed by atoms with Gasteiger partial charge in [0.05, 0.1) is 6.10 Å². The summed E-state index contributed by atoms with van der Waals surface area (Å²) in [6, 6.07) is 3.15. The third-order valence-electron chi connectivity index (χ3n) is 3.94. The molecule has 1 saturated heterocycles. The zero-order chi connectivity index (χ0) is 14.5. The number of nitrogens with two attached hydrogens (primary N) is 1. The lowest BCUT2D eigenvalue weighted by Gasteiger charge is -2.31. The van der Waals surface area contributed by atoms with Crippen LogP contribution in [0.2, 0.25) is 0 Å². The first-order valence-electron chi connectivity index (χ1n) is 7.05. The van der Waals surface area contributed by atoms with E-state index in [1.54, 1.807) is 7.11 Å². The smallest absolute Gasteiger partial charge is 0.126 e. The fraction of sp³-hybridized carbons (Fsp3) is 0.600. The second-order valence-electron chi connectivity index (χ2n) is 5.37. The average molecular weight is 284 g/mol. The second-order valence-corrected chi connectivity index (χ2v) is 5.37. The Bertz CT molecular complexity index is 414. The van der Waals surface area contributed by atoms with Gasteiger partial charge >= 0.3 is 0 Å². The number of likely N-dealkylation sites (tertiary alicyclic amines) is 1. The van der Waals surface area contributed by atoms with Crippen LogP contribution in [0.3, 0.4) is 0 Å². The topological polar surface area (TPSA) is 38.5 Å². The number of benzene rings is 1. The van der Waals surface area contributed by atoms with Gasteiger partial charge in [-0.05, 0) is 43.5 Å². The molecule has 0 amide bonds. The van der Waals surface area contributed by atoms with E-state index in [0.29, 0.717) is 18.1 Å². The molecule has 0 radical (unpaired) electrons. The summed E-state index contributed by atoms with van der Waals surface area (Å²) in [5.41, 5.74) is 6.54. The summed E-state index contributed by atoms with van der Waals surface area (Å²) in [6.45, 7) is 2.82. The molecule has 2 N–H and O–H groups in total. The number of halogens is 2. The molecule has 1 fully saturated rings. The number of rotatable bonds is 5. The predicted molar refractivity (Wildman–Crippen MR) is 74.4 cm³/mol. The lowest BCUT2D eigenvalue weighted by molar-refractivity contribution is 0.0404. The van der Waals surface area contributed by atoms with Gasteiger partial charge in [0.25, 0.3) is 0 Å². The van der Waals surface area contributed by atoms with Crippen molar-refractivity contribution in [3.8, 4) is 0 Å². The first-order chi connectivity index (χ1) is 9.58. The Morgan fingerprint density at radius 3 is 2.40 bits per heavy atom. The van der Waals surface area contributed by atoms with E-state index >= 15 is 0 Å². The van der Waals surface area contributed by atoms with E-state index in [1.165, 1.54) is 12.1 Å². The first kappa shape index (κ1) is 15.4. The van der Waals surface area contributed by atoms with Gasteiger partial charge in [-0.25, -0.2) is 8.78 Å². The fourth-order valence-electron chi connectivity index (χ4n) is 2.65. The van der Waals surface area contributed by atoms with Gasteiger partial charge in [0.2, 0.25) is 0 Å². The minimum Gasteiger partial charge on any atom is -0.381 e. The molecule has 2 rings (SSSR count). The summed E-state index contributed by atoms with van der Waals surface area (Å²) < 4.78 is 31.6. The normalized spacial score (nSPS) is 19.2. The van der Waals surface area contributed by atoms with Crippen LogP contribution in [0.1, 0.15) is 30.9 Å². The van der Waals surface area contributed by atoms with Crippen molar-refractivity contribution in [2.75, 3.05) is 26.7 Å². The van der Waals surface area contributed by atoms with Crippen molar-refractivity contribution >= 4 is 0 Å². The summed E-state index contributed by atoms with van der Waals surface area (Å²) >= 11 is 0. The van der Waals surface area contributed by atoms with Gasteiger partial charge in [-0.1, -0.05) is 0 Å². The molecule has 1 atom stereocenters. The molecular weight excluding hydrogens is 262 g/mol. The standard InChI is InChI=1S/C15H22F2N2O/c1-20-14-2-5-19(6-3-14)7-4-15(18)11-8-12(16)10-13(17)9-11/h8-10,14-15H,2-7,18H2,1H3. The number of nitrogens with zero attached hydrogens (tertiary/aromatic N) is 1. The van der Waals surface area contributed by atoms with Gasteiger partial charge in [-0.3, -0.25) is 0 Å². The van der Waals surface area contributed by atoms with Crippen molar-refractivity contribution < 1.29 is 13.5 Å². The molecule has 0 spiro atoms. The molecule has 0 aromatic heterocycles. The molecule has 0 saturated carbocycles. The zero-order valence-electron chi connectivity index (χ0n) is 11.8. The van der Waals surface area contributed by atoms with Crippen molar-refractivity contribution in [3.05, 3.63) is 35.4 Å². The maximum atomic E-state index is 13.1. The molecule has 1 aromatic rings. The maximum Gasteiger partial charge on any atom is 0.126 e. The van der Waals surface area contributed by atoms with Gasteiger partial charge in [-0.2, -0.15) is 0 Å². The van der Waals surface area contributed by atoms with Crippen LogP contribution < -0.4 is 5.73 Å². The number of hydrogen-bond acceptors (Lipinski definition) is 3. The molecule has 1 aliphatic rings. The molecule has 0 aliphatic carbocycles. The SMILES string of the molecule is COC1CCN(CCC(N)c2cc(F)cc(F)c2)CC1. The van der Waals surface area contributed by atoms with Crippen LogP contribution in [0.25, 0.3) is 0 Å². The molecule has 1 heterocycles. The number of methoxy groups -OCH3 is 1. The van der Waals surface area contributed by atoms with Crippen LogP contribution >= 0.6 is 0 Å². The highest BCUT2D eigenvalue weighted by Gasteiger charge is 2.19. The number of hydrogen-bond donors (Lipinski definition) is 1. The largest absolute Gasteiger partial charge is 0.381 e. The lowest BCUT2D eigenvalue weighted by atomic mass is 10.0. The third-order valence-corrected chi connectivity index (χ3v) is 3.94. The Kier molecular flexibility index (Phi) is 5.46. The van der Waals surface area contributed by atoms with E-state index in [4.69, 9.17) is 10.5 Å². The Morgan fingerprint density at radius 1 is 1.25 bits per heavy atom. The fourth-order valence-corrected chi connectivity index (χ4v) is 2.65. The second kappa shape index (κ2) is 7.11. The molecule has 5 heteroatoms. The summed E-state index contributed by atoms with van der Waals surface area (Å²) in [5, 5.41) is 0. The summed E-state index contributed by atoms with van der Waals surface area (Å²) in [7, 11) is 1.74. The molecule has 3 nitrogen and oxygen atoms in total. The zero-order valence-corrected chi connectivity index (χ0v) is 11.8. The summed E-state index contributed by atoms with van der Waals surface area (Å²) in [4.78, 5) is 2.32. The van der Waals surface area contributed by atoms with Crippen molar-refractivity contribution in [2.45, 2.75) is 31.4 Å². The van der Waals surface area contributed by atoms with Crippen LogP contribution in [0.15, 0.2) is 18.2 Å². The predicted octanol–water partition coefficient (Wildman–Crippen LogP) is 2.47. The van der Waals surface area contributed by atoms with Crippen molar-refractivity contribution in [1.29, 1.82) is 0 Å². The highest BCUT2D eigenvalue weighted by Crippen LogP contribution is 2.19. The van der Waals surface area contributed by atoms with Gasteiger partial charge in [-0.15, -0.1) is 0 Å². The maximum absolute atomic E-state index is 13.1. The molecular formula is C15H22F2N2O. The van der Waals surface area contributed by atoms with E-state index in [0.717, 1.165) is 38.5 Å². The van der Waals surface area contributed by atoms with E-state index < -0.39 is 11.6 Å². The molecule has 1 aliphatic heterocycles. The highest BCUT2D eigenvalue weighted by molar-refractivity contribution is 5.21. The Balaban J connectivity index is 1.81. The quantitative estimate of drug-likeness (QED) is 0.902. The Labute approximate surface area is 118 Å².